The third kappa shape index (κ3) is 3.85. The summed E-state index contributed by atoms with van der Waals surface area (Å²) in [7, 11) is 0. The molecule has 0 aliphatic rings. The molecule has 2 aromatic rings. The summed E-state index contributed by atoms with van der Waals surface area (Å²) < 4.78 is 0. The Morgan fingerprint density at radius 1 is 1.33 bits per heavy atom. The normalized spacial score (nSPS) is 11.1. The maximum atomic E-state index is 11.9. The van der Waals surface area contributed by atoms with Crippen molar-refractivity contribution in [2.75, 3.05) is 0 Å². The predicted octanol–water partition coefficient (Wildman–Crippen LogP) is 1.73. The molecule has 6 nitrogen and oxygen atoms in total. The molecule has 0 atom stereocenters. The Labute approximate surface area is 125 Å². The predicted molar refractivity (Wildman–Crippen MR) is 78.9 cm³/mol. The number of carboxylic acid groups (broad SMARTS) is 1. The first-order valence-corrected chi connectivity index (χ1v) is 7.15. The lowest BCUT2D eigenvalue weighted by Gasteiger charge is -2.20. The Hall–Kier alpha value is -2.28. The number of hydrogen-bond acceptors (Lipinski definition) is 5. The fourth-order valence-corrected chi connectivity index (χ4v) is 2.45. The number of nitrogens with zero attached hydrogens (tertiary/aromatic N) is 2. The van der Waals surface area contributed by atoms with Gasteiger partial charge >= 0.3 is 5.97 Å². The summed E-state index contributed by atoms with van der Waals surface area (Å²) in [5, 5.41) is 14.0. The first-order valence-electron chi connectivity index (χ1n) is 6.28. The maximum absolute atomic E-state index is 11.9. The number of aliphatic carboxylic acids is 1. The standard InChI is InChI=1S/C14H15N3O3S/c1-14(2,13(19)20)17-11(18)7-10-8-21-12(16-10)9-3-5-15-6-4-9/h3-6,8H,7H2,1-2H3,(H,17,18)(H,19,20). The third-order valence-electron chi connectivity index (χ3n) is 2.81. The molecule has 2 rings (SSSR count). The average Bonchev–Trinajstić information content (AvgIpc) is 2.87. The minimum absolute atomic E-state index is 0.0539. The number of carbonyl (C=O) groups excluding carboxylic acids is 1. The lowest BCUT2D eigenvalue weighted by molar-refractivity contribution is -0.145. The molecule has 0 bridgehead atoms. The van der Waals surface area contributed by atoms with Gasteiger partial charge < -0.3 is 10.4 Å². The van der Waals surface area contributed by atoms with Crippen molar-refractivity contribution in [3.63, 3.8) is 0 Å². The minimum Gasteiger partial charge on any atom is -0.480 e. The van der Waals surface area contributed by atoms with Gasteiger partial charge in [-0.1, -0.05) is 0 Å². The molecule has 0 spiro atoms. The van der Waals surface area contributed by atoms with Crippen molar-refractivity contribution >= 4 is 23.2 Å². The number of pyridine rings is 1. The van der Waals surface area contributed by atoms with Crippen LogP contribution in [0.5, 0.6) is 0 Å². The van der Waals surface area contributed by atoms with Gasteiger partial charge in [-0.2, -0.15) is 0 Å². The van der Waals surface area contributed by atoms with Crippen LogP contribution < -0.4 is 5.32 Å². The van der Waals surface area contributed by atoms with Gasteiger partial charge in [-0.15, -0.1) is 11.3 Å². The highest BCUT2D eigenvalue weighted by Gasteiger charge is 2.28. The van der Waals surface area contributed by atoms with Gasteiger partial charge in [0.2, 0.25) is 5.91 Å². The summed E-state index contributed by atoms with van der Waals surface area (Å²) in [6.45, 7) is 2.88. The van der Waals surface area contributed by atoms with Crippen LogP contribution in [0.3, 0.4) is 0 Å². The van der Waals surface area contributed by atoms with E-state index >= 15 is 0 Å². The molecule has 1 amide bonds. The topological polar surface area (TPSA) is 92.2 Å². The summed E-state index contributed by atoms with van der Waals surface area (Å²) in [5.74, 6) is -1.44. The molecule has 7 heteroatoms. The monoisotopic (exact) mass is 305 g/mol. The average molecular weight is 305 g/mol. The van der Waals surface area contributed by atoms with Gasteiger partial charge in [0.1, 0.15) is 10.5 Å². The molecule has 0 saturated carbocycles. The summed E-state index contributed by atoms with van der Waals surface area (Å²) in [6.07, 6.45) is 3.41. The molecule has 0 aliphatic heterocycles. The van der Waals surface area contributed by atoms with Gasteiger partial charge in [0.15, 0.2) is 0 Å². The second-order valence-electron chi connectivity index (χ2n) is 5.03. The number of amides is 1. The Kier molecular flexibility index (Phi) is 4.32. The largest absolute Gasteiger partial charge is 0.480 e. The SMILES string of the molecule is CC(C)(NC(=O)Cc1csc(-c2ccncc2)n1)C(=O)O. The second-order valence-corrected chi connectivity index (χ2v) is 5.89. The molecular weight excluding hydrogens is 290 g/mol. The van der Waals surface area contributed by atoms with E-state index in [4.69, 9.17) is 5.11 Å². The quantitative estimate of drug-likeness (QED) is 0.877. The number of carbonyl (C=O) groups is 2. The summed E-state index contributed by atoms with van der Waals surface area (Å²) in [5.41, 5.74) is 0.263. The van der Waals surface area contributed by atoms with Gasteiger partial charge in [0, 0.05) is 23.3 Å². The minimum atomic E-state index is -1.29. The summed E-state index contributed by atoms with van der Waals surface area (Å²) >= 11 is 1.43. The highest BCUT2D eigenvalue weighted by Crippen LogP contribution is 2.23. The van der Waals surface area contributed by atoms with E-state index in [2.05, 4.69) is 15.3 Å². The van der Waals surface area contributed by atoms with E-state index < -0.39 is 11.5 Å². The zero-order chi connectivity index (χ0) is 15.5. The zero-order valence-corrected chi connectivity index (χ0v) is 12.5. The van der Waals surface area contributed by atoms with Crippen molar-refractivity contribution in [3.8, 4) is 10.6 Å². The van der Waals surface area contributed by atoms with Crippen LogP contribution >= 0.6 is 11.3 Å². The van der Waals surface area contributed by atoms with E-state index in [-0.39, 0.29) is 12.3 Å². The molecule has 0 aromatic carbocycles. The molecule has 2 heterocycles. The molecule has 21 heavy (non-hydrogen) atoms. The highest BCUT2D eigenvalue weighted by molar-refractivity contribution is 7.13. The van der Waals surface area contributed by atoms with E-state index in [1.165, 1.54) is 25.2 Å². The van der Waals surface area contributed by atoms with Crippen molar-refractivity contribution < 1.29 is 14.7 Å². The van der Waals surface area contributed by atoms with Crippen molar-refractivity contribution in [1.82, 2.24) is 15.3 Å². The number of nitrogens with one attached hydrogen (secondary N) is 1. The maximum Gasteiger partial charge on any atom is 0.328 e. The molecule has 0 radical (unpaired) electrons. The molecule has 0 unspecified atom stereocenters. The van der Waals surface area contributed by atoms with Crippen LogP contribution in [0.15, 0.2) is 29.9 Å². The van der Waals surface area contributed by atoms with Crippen molar-refractivity contribution in [2.24, 2.45) is 0 Å². The van der Waals surface area contributed by atoms with Gasteiger partial charge in [-0.25, -0.2) is 9.78 Å². The van der Waals surface area contributed by atoms with Crippen LogP contribution in [0.1, 0.15) is 19.5 Å². The van der Waals surface area contributed by atoms with Crippen molar-refractivity contribution in [2.45, 2.75) is 25.8 Å². The summed E-state index contributed by atoms with van der Waals surface area (Å²) in [6, 6.07) is 3.69. The molecular formula is C14H15N3O3S. The Morgan fingerprint density at radius 3 is 2.62 bits per heavy atom. The van der Waals surface area contributed by atoms with Crippen LogP contribution in [-0.2, 0) is 16.0 Å². The summed E-state index contributed by atoms with van der Waals surface area (Å²) in [4.78, 5) is 31.1. The van der Waals surface area contributed by atoms with Crippen molar-refractivity contribution in [1.29, 1.82) is 0 Å². The third-order valence-corrected chi connectivity index (χ3v) is 3.75. The highest BCUT2D eigenvalue weighted by atomic mass is 32.1. The lowest BCUT2D eigenvalue weighted by atomic mass is 10.1. The number of thiazole rings is 1. The van der Waals surface area contributed by atoms with Crippen LogP contribution in [0.2, 0.25) is 0 Å². The lowest BCUT2D eigenvalue weighted by Crippen LogP contribution is -2.50. The molecule has 2 N–H and O–H groups in total. The fraction of sp³-hybridized carbons (Fsp3) is 0.286. The van der Waals surface area contributed by atoms with E-state index in [1.807, 2.05) is 12.1 Å². The molecule has 0 aliphatic carbocycles. The van der Waals surface area contributed by atoms with Crippen LogP contribution in [0, 0.1) is 0 Å². The van der Waals surface area contributed by atoms with Crippen molar-refractivity contribution in [3.05, 3.63) is 35.6 Å². The van der Waals surface area contributed by atoms with E-state index in [9.17, 15) is 9.59 Å². The second kappa shape index (κ2) is 6.01. The Morgan fingerprint density at radius 2 is 2.00 bits per heavy atom. The molecule has 2 aromatic heterocycles. The van der Waals surface area contributed by atoms with Gasteiger partial charge in [-0.3, -0.25) is 9.78 Å². The smallest absolute Gasteiger partial charge is 0.328 e. The van der Waals surface area contributed by atoms with E-state index in [0.29, 0.717) is 5.69 Å². The number of aromatic nitrogens is 2. The van der Waals surface area contributed by atoms with E-state index in [0.717, 1.165) is 10.6 Å². The number of carboxylic acids is 1. The Bertz CT molecular complexity index is 652. The van der Waals surface area contributed by atoms with Crippen LogP contribution in [-0.4, -0.2) is 32.5 Å². The molecule has 0 saturated heterocycles. The van der Waals surface area contributed by atoms with Crippen LogP contribution in [0.25, 0.3) is 10.6 Å². The van der Waals surface area contributed by atoms with Gasteiger partial charge in [0.05, 0.1) is 12.1 Å². The molecule has 110 valence electrons. The van der Waals surface area contributed by atoms with Gasteiger partial charge in [-0.05, 0) is 26.0 Å². The first-order chi connectivity index (χ1) is 9.88. The first kappa shape index (κ1) is 15.1. The Balaban J connectivity index is 2.03. The number of hydrogen-bond donors (Lipinski definition) is 2. The zero-order valence-electron chi connectivity index (χ0n) is 11.7. The number of rotatable bonds is 5. The molecule has 0 fully saturated rings. The van der Waals surface area contributed by atoms with Crippen LogP contribution in [0.4, 0.5) is 0 Å². The van der Waals surface area contributed by atoms with E-state index in [1.54, 1.807) is 17.8 Å². The van der Waals surface area contributed by atoms with Gasteiger partial charge in [0.25, 0.3) is 0 Å². The fourth-order valence-electron chi connectivity index (χ4n) is 1.63.